The molecular weight excluding hydrogens is 252 g/mol. The van der Waals surface area contributed by atoms with Crippen LogP contribution in [0.25, 0.3) is 0 Å². The second-order valence-corrected chi connectivity index (χ2v) is 4.87. The largest absolute Gasteiger partial charge is 0.459 e. The molecule has 1 aromatic carbocycles. The summed E-state index contributed by atoms with van der Waals surface area (Å²) in [4.78, 5) is 11.9. The molecule has 0 aromatic heterocycles. The van der Waals surface area contributed by atoms with Gasteiger partial charge in [-0.25, -0.2) is 13.6 Å². The maximum atomic E-state index is 13.5. The van der Waals surface area contributed by atoms with Crippen LogP contribution in [-0.4, -0.2) is 12.1 Å². The van der Waals surface area contributed by atoms with Crippen LogP contribution in [0.3, 0.4) is 0 Å². The fourth-order valence-corrected chi connectivity index (χ4v) is 2.30. The predicted molar refractivity (Wildman–Crippen MR) is 67.7 cm³/mol. The lowest BCUT2D eigenvalue weighted by Gasteiger charge is -2.15. The molecule has 104 valence electrons. The summed E-state index contributed by atoms with van der Waals surface area (Å²) in [5.74, 6) is -2.58. The summed E-state index contributed by atoms with van der Waals surface area (Å²) >= 11 is 0. The van der Waals surface area contributed by atoms with Crippen LogP contribution >= 0.6 is 0 Å². The van der Waals surface area contributed by atoms with Crippen molar-refractivity contribution < 1.29 is 18.3 Å². The topological polar surface area (TPSA) is 52.3 Å². The fraction of sp³-hybridized carbons (Fsp3) is 0.500. The molecule has 0 unspecified atom stereocenters. The van der Waals surface area contributed by atoms with E-state index in [1.165, 1.54) is 0 Å². The second kappa shape index (κ2) is 5.99. The molecule has 1 aliphatic carbocycles. The summed E-state index contributed by atoms with van der Waals surface area (Å²) < 4.78 is 31.8. The first-order valence-electron chi connectivity index (χ1n) is 6.53. The minimum Gasteiger partial charge on any atom is -0.459 e. The van der Waals surface area contributed by atoms with E-state index in [0.29, 0.717) is 6.07 Å². The van der Waals surface area contributed by atoms with Crippen LogP contribution in [-0.2, 0) is 4.74 Å². The highest BCUT2D eigenvalue weighted by Gasteiger charge is 2.21. The monoisotopic (exact) mass is 269 g/mol. The van der Waals surface area contributed by atoms with Crippen LogP contribution in [0.15, 0.2) is 12.1 Å². The maximum Gasteiger partial charge on any atom is 0.341 e. The van der Waals surface area contributed by atoms with Crippen molar-refractivity contribution in [2.75, 3.05) is 5.73 Å². The Bertz CT molecular complexity index is 469. The van der Waals surface area contributed by atoms with Crippen molar-refractivity contribution in [3.63, 3.8) is 0 Å². The van der Waals surface area contributed by atoms with Gasteiger partial charge in [-0.1, -0.05) is 12.8 Å². The molecule has 0 bridgehead atoms. The third-order valence-electron chi connectivity index (χ3n) is 3.38. The first-order chi connectivity index (χ1) is 9.08. The number of benzene rings is 1. The van der Waals surface area contributed by atoms with Crippen LogP contribution < -0.4 is 5.73 Å². The van der Waals surface area contributed by atoms with E-state index in [1.807, 2.05) is 0 Å². The molecule has 0 radical (unpaired) electrons. The van der Waals surface area contributed by atoms with Crippen LogP contribution in [0, 0.1) is 11.6 Å². The molecular formula is C14H17F2NO2. The Morgan fingerprint density at radius 1 is 1.11 bits per heavy atom. The van der Waals surface area contributed by atoms with Gasteiger partial charge in [-0.3, -0.25) is 0 Å². The Morgan fingerprint density at radius 2 is 1.74 bits per heavy atom. The Hall–Kier alpha value is -1.65. The lowest BCUT2D eigenvalue weighted by Crippen LogP contribution is -2.19. The van der Waals surface area contributed by atoms with Gasteiger partial charge < -0.3 is 10.5 Å². The van der Waals surface area contributed by atoms with Gasteiger partial charge in [-0.15, -0.1) is 0 Å². The number of rotatable bonds is 2. The maximum absolute atomic E-state index is 13.5. The zero-order valence-electron chi connectivity index (χ0n) is 10.6. The Labute approximate surface area is 110 Å². The van der Waals surface area contributed by atoms with E-state index in [9.17, 15) is 13.6 Å². The molecule has 1 aliphatic rings. The number of carbonyl (C=O) groups excluding carboxylic acids is 1. The predicted octanol–water partition coefficient (Wildman–Crippen LogP) is 3.43. The number of esters is 1. The van der Waals surface area contributed by atoms with E-state index in [4.69, 9.17) is 10.5 Å². The molecule has 2 N–H and O–H groups in total. The first kappa shape index (κ1) is 13.8. The van der Waals surface area contributed by atoms with Gasteiger partial charge in [-0.2, -0.15) is 0 Å². The normalized spacial score (nSPS) is 16.9. The smallest absolute Gasteiger partial charge is 0.341 e. The van der Waals surface area contributed by atoms with Gasteiger partial charge in [0.15, 0.2) is 0 Å². The van der Waals surface area contributed by atoms with Crippen molar-refractivity contribution in [2.45, 2.75) is 44.6 Å². The van der Waals surface area contributed by atoms with Gasteiger partial charge in [-0.05, 0) is 31.7 Å². The number of halogens is 2. The average molecular weight is 269 g/mol. The van der Waals surface area contributed by atoms with E-state index in [1.54, 1.807) is 0 Å². The standard InChI is InChI=1S/C14H17F2NO2/c15-11-8-12(16)13(17)7-10(11)14(18)19-9-5-3-1-2-4-6-9/h7-9H,1-6,17H2. The Kier molecular flexibility index (Phi) is 4.35. The highest BCUT2D eigenvalue weighted by Crippen LogP contribution is 2.23. The fourth-order valence-electron chi connectivity index (χ4n) is 2.30. The summed E-state index contributed by atoms with van der Waals surface area (Å²) in [7, 11) is 0. The molecule has 1 aromatic rings. The third kappa shape index (κ3) is 3.43. The minimum atomic E-state index is -0.940. The highest BCUT2D eigenvalue weighted by atomic mass is 19.1. The van der Waals surface area contributed by atoms with E-state index in [2.05, 4.69) is 0 Å². The molecule has 1 saturated carbocycles. The van der Waals surface area contributed by atoms with Gasteiger partial charge in [0.1, 0.15) is 17.7 Å². The molecule has 0 spiro atoms. The van der Waals surface area contributed by atoms with Crippen molar-refractivity contribution in [3.8, 4) is 0 Å². The van der Waals surface area contributed by atoms with E-state index < -0.39 is 17.6 Å². The molecule has 1 fully saturated rings. The van der Waals surface area contributed by atoms with Crippen molar-refractivity contribution in [1.29, 1.82) is 0 Å². The molecule has 19 heavy (non-hydrogen) atoms. The third-order valence-corrected chi connectivity index (χ3v) is 3.38. The second-order valence-electron chi connectivity index (χ2n) is 4.87. The summed E-state index contributed by atoms with van der Waals surface area (Å²) in [6.07, 6.45) is 5.69. The summed E-state index contributed by atoms with van der Waals surface area (Å²) in [5.41, 5.74) is 4.78. The van der Waals surface area contributed by atoms with Crippen LogP contribution in [0.5, 0.6) is 0 Å². The van der Waals surface area contributed by atoms with Crippen LogP contribution in [0.2, 0.25) is 0 Å². The first-order valence-corrected chi connectivity index (χ1v) is 6.53. The van der Waals surface area contributed by atoms with Gasteiger partial charge in [0.2, 0.25) is 0 Å². The highest BCUT2D eigenvalue weighted by molar-refractivity contribution is 5.90. The van der Waals surface area contributed by atoms with Gasteiger partial charge in [0.25, 0.3) is 0 Å². The molecule has 0 saturated heterocycles. The number of ether oxygens (including phenoxy) is 1. The van der Waals surface area contributed by atoms with Gasteiger partial charge in [0.05, 0.1) is 11.3 Å². The zero-order valence-corrected chi connectivity index (χ0v) is 10.6. The molecule has 3 nitrogen and oxygen atoms in total. The minimum absolute atomic E-state index is 0.180. The van der Waals surface area contributed by atoms with Crippen LogP contribution in [0.4, 0.5) is 14.5 Å². The average Bonchev–Trinajstić information content (AvgIpc) is 2.62. The number of hydrogen-bond donors (Lipinski definition) is 1. The summed E-state index contributed by atoms with van der Waals surface area (Å²) in [6.45, 7) is 0. The summed E-state index contributed by atoms with van der Waals surface area (Å²) in [6, 6.07) is 1.60. The molecule has 2 rings (SSSR count). The lowest BCUT2D eigenvalue weighted by atomic mass is 10.1. The number of carbonyl (C=O) groups is 1. The zero-order chi connectivity index (χ0) is 13.8. The number of hydrogen-bond acceptors (Lipinski definition) is 3. The molecule has 0 heterocycles. The summed E-state index contributed by atoms with van der Waals surface area (Å²) in [5, 5.41) is 0. The van der Waals surface area contributed by atoms with Gasteiger partial charge in [0, 0.05) is 6.07 Å². The molecule has 0 atom stereocenters. The lowest BCUT2D eigenvalue weighted by molar-refractivity contribution is 0.0262. The number of nitrogen functional groups attached to an aromatic ring is 1. The van der Waals surface area contributed by atoms with E-state index in [0.717, 1.165) is 44.6 Å². The molecule has 0 amide bonds. The van der Waals surface area contributed by atoms with Gasteiger partial charge >= 0.3 is 5.97 Å². The van der Waals surface area contributed by atoms with Crippen molar-refractivity contribution in [1.82, 2.24) is 0 Å². The molecule has 0 aliphatic heterocycles. The SMILES string of the molecule is Nc1cc(C(=O)OC2CCCCCC2)c(F)cc1F. The van der Waals surface area contributed by atoms with Crippen LogP contribution in [0.1, 0.15) is 48.9 Å². The van der Waals surface area contributed by atoms with Crippen molar-refractivity contribution in [3.05, 3.63) is 29.3 Å². The number of anilines is 1. The molecule has 5 heteroatoms. The van der Waals surface area contributed by atoms with E-state index >= 15 is 0 Å². The Morgan fingerprint density at radius 3 is 2.37 bits per heavy atom. The number of nitrogens with two attached hydrogens (primary N) is 1. The quantitative estimate of drug-likeness (QED) is 0.508. The van der Waals surface area contributed by atoms with Crippen molar-refractivity contribution in [2.24, 2.45) is 0 Å². The van der Waals surface area contributed by atoms with Crippen molar-refractivity contribution >= 4 is 11.7 Å². The Balaban J connectivity index is 2.08. The van der Waals surface area contributed by atoms with E-state index in [-0.39, 0.29) is 17.4 Å².